The van der Waals surface area contributed by atoms with Crippen molar-refractivity contribution in [2.24, 2.45) is 0 Å². The molecule has 178 valence electrons. The second-order valence-corrected chi connectivity index (χ2v) is 9.54. The number of hydrogen-bond donors (Lipinski definition) is 2. The molecule has 0 atom stereocenters. The third-order valence-corrected chi connectivity index (χ3v) is 7.34. The van der Waals surface area contributed by atoms with E-state index in [0.29, 0.717) is 16.9 Å². The summed E-state index contributed by atoms with van der Waals surface area (Å²) in [6.45, 7) is 3.27. The van der Waals surface area contributed by atoms with E-state index in [4.69, 9.17) is 5.73 Å². The highest BCUT2D eigenvalue weighted by Gasteiger charge is 2.31. The highest BCUT2D eigenvalue weighted by molar-refractivity contribution is 7.99. The Hall–Kier alpha value is -3.62. The largest absolute Gasteiger partial charge is 0.368 e. The zero-order valence-corrected chi connectivity index (χ0v) is 20.3. The molecule has 0 spiro atoms. The van der Waals surface area contributed by atoms with Crippen molar-refractivity contribution in [1.82, 2.24) is 19.7 Å². The fourth-order valence-corrected chi connectivity index (χ4v) is 5.56. The normalized spacial score (nSPS) is 14.4. The van der Waals surface area contributed by atoms with Gasteiger partial charge in [0, 0.05) is 11.1 Å². The number of nitrogens with two attached hydrogens (primary N) is 1. The van der Waals surface area contributed by atoms with Crippen LogP contribution in [0.2, 0.25) is 0 Å². The van der Waals surface area contributed by atoms with Gasteiger partial charge in [0.1, 0.15) is 6.04 Å². The highest BCUT2D eigenvalue weighted by atomic mass is 32.2. The lowest BCUT2D eigenvalue weighted by Gasteiger charge is -2.37. The molecule has 0 saturated carbocycles. The maximum Gasteiger partial charge on any atom is 0.233 e. The van der Waals surface area contributed by atoms with Gasteiger partial charge in [-0.1, -0.05) is 90.6 Å². The lowest BCUT2D eigenvalue weighted by atomic mass is 9.96. The number of benzene rings is 3. The number of para-hydroxylation sites is 1. The van der Waals surface area contributed by atoms with Crippen LogP contribution in [0.5, 0.6) is 0 Å². The predicted molar refractivity (Wildman–Crippen MR) is 138 cm³/mol. The Labute approximate surface area is 209 Å². The molecule has 0 unspecified atom stereocenters. The zero-order valence-electron chi connectivity index (χ0n) is 19.5. The van der Waals surface area contributed by atoms with E-state index in [1.54, 1.807) is 4.57 Å². The van der Waals surface area contributed by atoms with Crippen molar-refractivity contribution in [2.45, 2.75) is 11.2 Å². The van der Waals surface area contributed by atoms with Gasteiger partial charge in [0.15, 0.2) is 5.16 Å². The predicted octanol–water partition coefficient (Wildman–Crippen LogP) is 2.46. The minimum Gasteiger partial charge on any atom is -0.368 e. The molecule has 4 aromatic rings. The minimum atomic E-state index is 0.117. The van der Waals surface area contributed by atoms with Crippen molar-refractivity contribution >= 4 is 23.6 Å². The molecule has 1 fully saturated rings. The molecular weight excluding hydrogens is 456 g/mol. The van der Waals surface area contributed by atoms with E-state index in [1.165, 1.54) is 27.8 Å². The van der Waals surface area contributed by atoms with E-state index < -0.39 is 0 Å². The SMILES string of the molecule is Nc1nnc(SCC(=O)N2CC[NH+](C(c3ccccc3)c3ccccc3)CC2)n1-c1ccccc1. The Balaban J connectivity index is 1.23. The number of thioether (sulfide) groups is 1. The van der Waals surface area contributed by atoms with Crippen molar-refractivity contribution < 1.29 is 9.69 Å². The summed E-state index contributed by atoms with van der Waals surface area (Å²) in [6, 6.07) is 31.3. The van der Waals surface area contributed by atoms with Crippen LogP contribution in [0.25, 0.3) is 5.69 Å². The van der Waals surface area contributed by atoms with Gasteiger partial charge in [0.05, 0.1) is 37.6 Å². The molecule has 0 bridgehead atoms. The maximum absolute atomic E-state index is 13.0. The summed E-state index contributed by atoms with van der Waals surface area (Å²) in [5.74, 6) is 0.739. The summed E-state index contributed by atoms with van der Waals surface area (Å²) in [6.07, 6.45) is 0. The smallest absolute Gasteiger partial charge is 0.233 e. The summed E-state index contributed by atoms with van der Waals surface area (Å²) < 4.78 is 1.78. The molecule has 0 aliphatic carbocycles. The first-order valence-electron chi connectivity index (χ1n) is 11.8. The first-order valence-corrected chi connectivity index (χ1v) is 12.8. The number of rotatable bonds is 7. The number of carbonyl (C=O) groups is 1. The summed E-state index contributed by atoms with van der Waals surface area (Å²) in [5, 5.41) is 8.82. The number of nitrogens with zero attached hydrogens (tertiary/aromatic N) is 4. The van der Waals surface area contributed by atoms with Crippen LogP contribution >= 0.6 is 11.8 Å². The van der Waals surface area contributed by atoms with Gasteiger partial charge in [-0.2, -0.15) is 0 Å². The van der Waals surface area contributed by atoms with Gasteiger partial charge in [-0.05, 0) is 12.1 Å². The summed E-state index contributed by atoms with van der Waals surface area (Å²) >= 11 is 1.38. The van der Waals surface area contributed by atoms with Gasteiger partial charge >= 0.3 is 0 Å². The van der Waals surface area contributed by atoms with Crippen LogP contribution < -0.4 is 10.6 Å². The molecular formula is C27H29N6OS+. The summed E-state index contributed by atoms with van der Waals surface area (Å²) in [7, 11) is 0. The van der Waals surface area contributed by atoms with Crippen LogP contribution in [0, 0.1) is 0 Å². The zero-order chi connectivity index (χ0) is 24.0. The van der Waals surface area contributed by atoms with Gasteiger partial charge in [0.25, 0.3) is 0 Å². The maximum atomic E-state index is 13.0. The molecule has 1 aliphatic heterocycles. The van der Waals surface area contributed by atoms with Crippen LogP contribution in [0.15, 0.2) is 96.2 Å². The standard InChI is InChI=1S/C27H28N6OS/c28-26-29-30-27(33(26)23-14-8-3-9-15-23)35-20-24(34)31-16-18-32(19-17-31)25(21-10-4-1-5-11-21)22-12-6-2-7-13-22/h1-15,25H,16-20H2,(H2,28,29)/p+1. The van der Waals surface area contributed by atoms with Crippen molar-refractivity contribution in [3.63, 3.8) is 0 Å². The van der Waals surface area contributed by atoms with Gasteiger partial charge < -0.3 is 15.5 Å². The number of carbonyl (C=O) groups excluding carboxylic acids is 1. The van der Waals surface area contributed by atoms with E-state index >= 15 is 0 Å². The molecule has 3 N–H and O–H groups in total. The third-order valence-electron chi connectivity index (χ3n) is 6.43. The second kappa shape index (κ2) is 10.8. The number of nitrogens with one attached hydrogen (secondary N) is 1. The number of amides is 1. The Kier molecular flexibility index (Phi) is 7.11. The fourth-order valence-electron chi connectivity index (χ4n) is 4.70. The Morgan fingerprint density at radius 2 is 1.40 bits per heavy atom. The Morgan fingerprint density at radius 1 is 0.857 bits per heavy atom. The lowest BCUT2D eigenvalue weighted by molar-refractivity contribution is -0.929. The number of nitrogen functional groups attached to an aromatic ring is 1. The number of hydrogen-bond acceptors (Lipinski definition) is 5. The summed E-state index contributed by atoms with van der Waals surface area (Å²) in [4.78, 5) is 16.5. The molecule has 3 aromatic carbocycles. The van der Waals surface area contributed by atoms with E-state index in [9.17, 15) is 4.79 Å². The molecule has 5 rings (SSSR count). The Bertz CT molecular complexity index is 1200. The van der Waals surface area contributed by atoms with Crippen LogP contribution in [-0.2, 0) is 4.79 Å². The molecule has 1 saturated heterocycles. The van der Waals surface area contributed by atoms with Crippen molar-refractivity contribution in [3.8, 4) is 5.69 Å². The molecule has 35 heavy (non-hydrogen) atoms. The molecule has 1 aromatic heterocycles. The lowest BCUT2D eigenvalue weighted by Crippen LogP contribution is -3.15. The molecule has 0 radical (unpaired) electrons. The van der Waals surface area contributed by atoms with Crippen LogP contribution in [0.1, 0.15) is 17.2 Å². The number of aromatic nitrogens is 3. The average Bonchev–Trinajstić information content (AvgIpc) is 3.29. The van der Waals surface area contributed by atoms with Crippen LogP contribution in [0.3, 0.4) is 0 Å². The molecule has 8 heteroatoms. The van der Waals surface area contributed by atoms with E-state index in [1.807, 2.05) is 35.2 Å². The molecule has 7 nitrogen and oxygen atoms in total. The fraction of sp³-hybridized carbons (Fsp3) is 0.222. The molecule has 1 amide bonds. The average molecular weight is 486 g/mol. The Morgan fingerprint density at radius 3 is 1.97 bits per heavy atom. The molecule has 1 aliphatic rings. The van der Waals surface area contributed by atoms with E-state index in [0.717, 1.165) is 31.9 Å². The van der Waals surface area contributed by atoms with Gasteiger partial charge in [-0.15, -0.1) is 10.2 Å². The van der Waals surface area contributed by atoms with Crippen molar-refractivity contribution in [1.29, 1.82) is 0 Å². The summed E-state index contributed by atoms with van der Waals surface area (Å²) in [5.41, 5.74) is 9.54. The number of piperazine rings is 1. The van der Waals surface area contributed by atoms with E-state index in [2.05, 4.69) is 70.9 Å². The second-order valence-electron chi connectivity index (χ2n) is 8.59. The minimum absolute atomic E-state index is 0.117. The topological polar surface area (TPSA) is 81.5 Å². The quantitative estimate of drug-likeness (QED) is 0.393. The van der Waals surface area contributed by atoms with Gasteiger partial charge in [-0.3, -0.25) is 9.36 Å². The third kappa shape index (κ3) is 5.23. The van der Waals surface area contributed by atoms with Crippen molar-refractivity contribution in [2.75, 3.05) is 37.7 Å². The first-order chi connectivity index (χ1) is 17.2. The molecule has 2 heterocycles. The monoisotopic (exact) mass is 485 g/mol. The first kappa shape index (κ1) is 23.1. The van der Waals surface area contributed by atoms with Crippen molar-refractivity contribution in [3.05, 3.63) is 102 Å². The van der Waals surface area contributed by atoms with Gasteiger partial charge in [0.2, 0.25) is 11.9 Å². The number of anilines is 1. The van der Waals surface area contributed by atoms with Crippen LogP contribution in [0.4, 0.5) is 5.95 Å². The highest BCUT2D eigenvalue weighted by Crippen LogP contribution is 2.23. The van der Waals surface area contributed by atoms with E-state index in [-0.39, 0.29) is 11.9 Å². The van der Waals surface area contributed by atoms with Crippen LogP contribution in [-0.4, -0.2) is 57.5 Å². The van der Waals surface area contributed by atoms with Gasteiger partial charge in [-0.25, -0.2) is 0 Å². The number of quaternary nitrogens is 1.